The molecule has 1 aromatic carbocycles. The van der Waals surface area contributed by atoms with E-state index in [1.807, 2.05) is 17.0 Å². The van der Waals surface area contributed by atoms with Gasteiger partial charge in [0.25, 0.3) is 0 Å². The number of amides is 1. The van der Waals surface area contributed by atoms with E-state index in [0.717, 1.165) is 36.3 Å². The number of carbonyl (C=O) groups excluding carboxylic acids is 1. The molecular weight excluding hydrogens is 308 g/mol. The molecule has 0 aromatic heterocycles. The molecule has 1 amide bonds. The molecule has 0 aliphatic carbocycles. The normalized spacial score (nSPS) is 22.4. The number of fused-ring (bicyclic) bond motifs is 1. The average molecular weight is 325 g/mol. The summed E-state index contributed by atoms with van der Waals surface area (Å²) in [5.41, 5.74) is 2.31. The van der Waals surface area contributed by atoms with Crippen molar-refractivity contribution in [3.05, 3.63) is 28.2 Å². The first-order valence-electron chi connectivity index (χ1n) is 6.64. The first-order valence-corrected chi connectivity index (χ1v) is 7.43. The molecule has 102 valence electrons. The SMILES string of the molecule is O=C(CC1COCCN1)N1CCc2ccc(Br)cc21. The number of ether oxygens (including phenoxy) is 1. The number of hydrogen-bond acceptors (Lipinski definition) is 3. The molecule has 0 radical (unpaired) electrons. The molecule has 3 rings (SSSR count). The zero-order valence-electron chi connectivity index (χ0n) is 10.7. The molecule has 5 heteroatoms. The zero-order valence-corrected chi connectivity index (χ0v) is 12.3. The highest BCUT2D eigenvalue weighted by Crippen LogP contribution is 2.31. The Morgan fingerprint density at radius 1 is 1.53 bits per heavy atom. The van der Waals surface area contributed by atoms with E-state index >= 15 is 0 Å². The third-order valence-electron chi connectivity index (χ3n) is 3.66. The summed E-state index contributed by atoms with van der Waals surface area (Å²) in [5, 5.41) is 3.33. The first kappa shape index (κ1) is 13.1. The highest BCUT2D eigenvalue weighted by Gasteiger charge is 2.27. The molecule has 0 bridgehead atoms. The molecule has 2 aliphatic heterocycles. The largest absolute Gasteiger partial charge is 0.378 e. The summed E-state index contributed by atoms with van der Waals surface area (Å²) in [6.07, 6.45) is 1.45. The summed E-state index contributed by atoms with van der Waals surface area (Å²) in [6.45, 7) is 2.99. The Morgan fingerprint density at radius 3 is 3.21 bits per heavy atom. The fourth-order valence-corrected chi connectivity index (χ4v) is 3.03. The minimum absolute atomic E-state index is 0.150. The maximum atomic E-state index is 12.4. The van der Waals surface area contributed by atoms with Crippen LogP contribution < -0.4 is 10.2 Å². The second kappa shape index (κ2) is 5.61. The van der Waals surface area contributed by atoms with Gasteiger partial charge in [0, 0.05) is 35.7 Å². The molecule has 1 unspecified atom stereocenters. The van der Waals surface area contributed by atoms with Crippen LogP contribution in [0.15, 0.2) is 22.7 Å². The highest BCUT2D eigenvalue weighted by molar-refractivity contribution is 9.10. The van der Waals surface area contributed by atoms with E-state index in [1.165, 1.54) is 5.56 Å². The summed E-state index contributed by atoms with van der Waals surface area (Å²) >= 11 is 3.47. The molecule has 1 aromatic rings. The topological polar surface area (TPSA) is 41.6 Å². The molecule has 1 N–H and O–H groups in total. The summed E-state index contributed by atoms with van der Waals surface area (Å²) in [4.78, 5) is 14.3. The second-order valence-electron chi connectivity index (χ2n) is 5.00. The van der Waals surface area contributed by atoms with Crippen LogP contribution in [0.4, 0.5) is 5.69 Å². The van der Waals surface area contributed by atoms with Gasteiger partial charge >= 0.3 is 0 Å². The van der Waals surface area contributed by atoms with Crippen molar-refractivity contribution in [1.29, 1.82) is 0 Å². The minimum atomic E-state index is 0.150. The van der Waals surface area contributed by atoms with E-state index in [1.54, 1.807) is 0 Å². The van der Waals surface area contributed by atoms with Crippen molar-refractivity contribution < 1.29 is 9.53 Å². The number of nitrogens with one attached hydrogen (secondary N) is 1. The van der Waals surface area contributed by atoms with Gasteiger partial charge < -0.3 is 15.0 Å². The van der Waals surface area contributed by atoms with Gasteiger partial charge in [-0.2, -0.15) is 0 Å². The predicted molar refractivity (Wildman–Crippen MR) is 77.4 cm³/mol. The van der Waals surface area contributed by atoms with Gasteiger partial charge in [0.2, 0.25) is 5.91 Å². The molecule has 0 spiro atoms. The first-order chi connectivity index (χ1) is 9.24. The van der Waals surface area contributed by atoms with Gasteiger partial charge in [-0.3, -0.25) is 4.79 Å². The minimum Gasteiger partial charge on any atom is -0.378 e. The molecule has 2 heterocycles. The molecule has 0 saturated carbocycles. The van der Waals surface area contributed by atoms with Crippen LogP contribution in [0.25, 0.3) is 0 Å². The summed E-state index contributed by atoms with van der Waals surface area (Å²) < 4.78 is 6.41. The van der Waals surface area contributed by atoms with Gasteiger partial charge in [-0.15, -0.1) is 0 Å². The van der Waals surface area contributed by atoms with Crippen molar-refractivity contribution >= 4 is 27.5 Å². The Kier molecular flexibility index (Phi) is 3.86. The number of anilines is 1. The van der Waals surface area contributed by atoms with Gasteiger partial charge in [0.1, 0.15) is 0 Å². The average Bonchev–Trinajstić information content (AvgIpc) is 2.82. The third-order valence-corrected chi connectivity index (χ3v) is 4.16. The van der Waals surface area contributed by atoms with Gasteiger partial charge in [0.15, 0.2) is 0 Å². The Balaban J connectivity index is 1.70. The zero-order chi connectivity index (χ0) is 13.2. The number of halogens is 1. The predicted octanol–water partition coefficient (Wildman–Crippen LogP) is 1.72. The highest BCUT2D eigenvalue weighted by atomic mass is 79.9. The van der Waals surface area contributed by atoms with Crippen molar-refractivity contribution in [3.63, 3.8) is 0 Å². The van der Waals surface area contributed by atoms with Crippen LogP contribution in [0.3, 0.4) is 0 Å². The lowest BCUT2D eigenvalue weighted by Gasteiger charge is -2.26. The lowest BCUT2D eigenvalue weighted by Crippen LogP contribution is -2.45. The third kappa shape index (κ3) is 2.83. The quantitative estimate of drug-likeness (QED) is 0.900. The molecular formula is C14H17BrN2O2. The van der Waals surface area contributed by atoms with Crippen molar-refractivity contribution in [1.82, 2.24) is 5.32 Å². The van der Waals surface area contributed by atoms with Crippen LogP contribution in [0, 0.1) is 0 Å². The maximum Gasteiger partial charge on any atom is 0.228 e. The van der Waals surface area contributed by atoms with Crippen LogP contribution in [0.1, 0.15) is 12.0 Å². The number of rotatable bonds is 2. The summed E-state index contributed by atoms with van der Waals surface area (Å²) in [5.74, 6) is 0.180. The fourth-order valence-electron chi connectivity index (χ4n) is 2.68. The van der Waals surface area contributed by atoms with Crippen LogP contribution in [-0.2, 0) is 16.0 Å². The van der Waals surface area contributed by atoms with Gasteiger partial charge in [-0.1, -0.05) is 22.0 Å². The van der Waals surface area contributed by atoms with E-state index in [4.69, 9.17) is 4.74 Å². The molecule has 4 nitrogen and oxygen atoms in total. The van der Waals surface area contributed by atoms with E-state index in [2.05, 4.69) is 27.3 Å². The van der Waals surface area contributed by atoms with Crippen LogP contribution >= 0.6 is 15.9 Å². The molecule has 1 fully saturated rings. The van der Waals surface area contributed by atoms with Crippen molar-refractivity contribution in [2.24, 2.45) is 0 Å². The van der Waals surface area contributed by atoms with Gasteiger partial charge in [-0.05, 0) is 24.1 Å². The number of morpholine rings is 1. The lowest BCUT2D eigenvalue weighted by molar-refractivity contribution is -0.119. The van der Waals surface area contributed by atoms with Crippen molar-refractivity contribution in [2.45, 2.75) is 18.9 Å². The maximum absolute atomic E-state index is 12.4. The van der Waals surface area contributed by atoms with E-state index in [0.29, 0.717) is 13.0 Å². The number of benzene rings is 1. The smallest absolute Gasteiger partial charge is 0.228 e. The molecule has 1 atom stereocenters. The summed E-state index contributed by atoms with van der Waals surface area (Å²) in [7, 11) is 0. The van der Waals surface area contributed by atoms with E-state index < -0.39 is 0 Å². The fraction of sp³-hybridized carbons (Fsp3) is 0.500. The lowest BCUT2D eigenvalue weighted by atomic mass is 10.1. The summed E-state index contributed by atoms with van der Waals surface area (Å²) in [6, 6.07) is 6.31. The van der Waals surface area contributed by atoms with Crippen molar-refractivity contribution in [2.75, 3.05) is 31.2 Å². The van der Waals surface area contributed by atoms with Crippen LogP contribution in [0.2, 0.25) is 0 Å². The van der Waals surface area contributed by atoms with Crippen LogP contribution in [-0.4, -0.2) is 38.3 Å². The monoisotopic (exact) mass is 324 g/mol. The number of nitrogens with zero attached hydrogens (tertiary/aromatic N) is 1. The Hall–Kier alpha value is -0.910. The standard InChI is InChI=1S/C14H17BrN2O2/c15-11-2-1-10-3-5-17(13(10)7-11)14(18)8-12-9-19-6-4-16-12/h1-2,7,12,16H,3-6,8-9H2. The Morgan fingerprint density at radius 2 is 2.42 bits per heavy atom. The van der Waals surface area contributed by atoms with Crippen LogP contribution in [0.5, 0.6) is 0 Å². The van der Waals surface area contributed by atoms with E-state index in [9.17, 15) is 4.79 Å². The molecule has 1 saturated heterocycles. The molecule has 19 heavy (non-hydrogen) atoms. The van der Waals surface area contributed by atoms with Gasteiger partial charge in [0.05, 0.1) is 13.2 Å². The Labute approximate surface area is 121 Å². The molecule has 2 aliphatic rings. The Bertz CT molecular complexity index is 486. The number of hydrogen-bond donors (Lipinski definition) is 1. The van der Waals surface area contributed by atoms with E-state index in [-0.39, 0.29) is 11.9 Å². The van der Waals surface area contributed by atoms with Gasteiger partial charge in [-0.25, -0.2) is 0 Å². The number of carbonyl (C=O) groups is 1. The second-order valence-corrected chi connectivity index (χ2v) is 5.91. The van der Waals surface area contributed by atoms with Crippen molar-refractivity contribution in [3.8, 4) is 0 Å².